The van der Waals surface area contributed by atoms with Crippen molar-refractivity contribution in [2.45, 2.75) is 32.6 Å². The predicted octanol–water partition coefficient (Wildman–Crippen LogP) is 0.356. The van der Waals surface area contributed by atoms with Crippen LogP contribution >= 0.6 is 0 Å². The highest BCUT2D eigenvalue weighted by atomic mass is 16.7. The van der Waals surface area contributed by atoms with Crippen molar-refractivity contribution in [3.63, 3.8) is 0 Å². The first-order valence-electron chi connectivity index (χ1n) is 9.99. The molecule has 11 heteroatoms. The topological polar surface area (TPSA) is 158 Å². The van der Waals surface area contributed by atoms with Crippen molar-refractivity contribution in [2.24, 2.45) is 0 Å². The van der Waals surface area contributed by atoms with Crippen LogP contribution in [0.4, 0.5) is 5.69 Å². The van der Waals surface area contributed by atoms with Crippen LogP contribution in [0.5, 0.6) is 0 Å². The quantitative estimate of drug-likeness (QED) is 0.240. The Kier molecular flexibility index (Phi) is 7.21. The number of aryl methyl sites for hydroxylation is 1. The van der Waals surface area contributed by atoms with E-state index in [-0.39, 0.29) is 56.9 Å². The first-order valence-corrected chi connectivity index (χ1v) is 9.99. The first kappa shape index (κ1) is 22.9. The lowest BCUT2D eigenvalue weighted by atomic mass is 10.0. The number of ether oxygens (including phenoxy) is 1. The Bertz CT molecular complexity index is 1110. The van der Waals surface area contributed by atoms with Crippen LogP contribution in [0.2, 0.25) is 0 Å². The summed E-state index contributed by atoms with van der Waals surface area (Å²) >= 11 is 0. The Hall–Kier alpha value is -3.73. The van der Waals surface area contributed by atoms with Crippen LogP contribution in [0.15, 0.2) is 27.4 Å². The van der Waals surface area contributed by atoms with Gasteiger partial charge >= 0.3 is 11.6 Å². The zero-order valence-electron chi connectivity index (χ0n) is 17.5. The summed E-state index contributed by atoms with van der Waals surface area (Å²) in [6.45, 7) is 2.00. The van der Waals surface area contributed by atoms with Crippen LogP contribution in [-0.2, 0) is 35.2 Å². The Morgan fingerprint density at radius 2 is 1.88 bits per heavy atom. The third-order valence-electron chi connectivity index (χ3n) is 4.87. The lowest BCUT2D eigenvalue weighted by Gasteiger charge is -2.12. The zero-order valence-corrected chi connectivity index (χ0v) is 17.5. The molecule has 0 radical (unpaired) electrons. The smallest absolute Gasteiger partial charge is 0.340 e. The minimum absolute atomic E-state index is 0.0125. The van der Waals surface area contributed by atoms with Gasteiger partial charge in [0, 0.05) is 36.5 Å². The number of hydrogen-bond acceptors (Lipinski definition) is 9. The molecule has 1 aromatic heterocycles. The number of benzene rings is 1. The number of amides is 3. The van der Waals surface area contributed by atoms with E-state index in [1.54, 1.807) is 25.1 Å². The Morgan fingerprint density at radius 3 is 2.59 bits per heavy atom. The lowest BCUT2D eigenvalue weighted by molar-refractivity contribution is -0.198. The fraction of sp³-hybridized carbons (Fsp3) is 0.381. The second-order valence-corrected chi connectivity index (χ2v) is 7.18. The molecule has 0 atom stereocenters. The number of carbonyl (C=O) groups is 4. The van der Waals surface area contributed by atoms with Crippen LogP contribution in [-0.4, -0.2) is 48.5 Å². The van der Waals surface area contributed by atoms with Crippen molar-refractivity contribution in [1.82, 2.24) is 10.4 Å². The summed E-state index contributed by atoms with van der Waals surface area (Å²) in [7, 11) is 0. The van der Waals surface area contributed by atoms with E-state index in [4.69, 9.17) is 19.7 Å². The van der Waals surface area contributed by atoms with E-state index in [1.807, 2.05) is 0 Å². The lowest BCUT2D eigenvalue weighted by Crippen LogP contribution is -2.32. The van der Waals surface area contributed by atoms with Gasteiger partial charge in [-0.05, 0) is 24.6 Å². The Balaban J connectivity index is 1.39. The molecule has 3 N–H and O–H groups in total. The summed E-state index contributed by atoms with van der Waals surface area (Å²) in [5, 5.41) is 3.80. The monoisotopic (exact) mass is 445 g/mol. The van der Waals surface area contributed by atoms with Crippen molar-refractivity contribution >= 4 is 40.3 Å². The fourth-order valence-electron chi connectivity index (χ4n) is 3.16. The average molecular weight is 445 g/mol. The second kappa shape index (κ2) is 10.1. The number of rotatable bonds is 9. The van der Waals surface area contributed by atoms with E-state index < -0.39 is 23.4 Å². The van der Waals surface area contributed by atoms with Crippen LogP contribution in [0.3, 0.4) is 0 Å². The summed E-state index contributed by atoms with van der Waals surface area (Å²) in [5.74, 6) is -2.25. The molecule has 1 aromatic carbocycles. The van der Waals surface area contributed by atoms with Crippen LogP contribution in [0.1, 0.15) is 30.4 Å². The summed E-state index contributed by atoms with van der Waals surface area (Å²) in [4.78, 5) is 63.5. The van der Waals surface area contributed by atoms with Crippen LogP contribution < -0.4 is 16.7 Å². The number of nitrogens with one attached hydrogen (secondary N) is 1. The maximum Gasteiger partial charge on any atom is 0.340 e. The third-order valence-corrected chi connectivity index (χ3v) is 4.87. The molecule has 0 spiro atoms. The maximum atomic E-state index is 12.2. The van der Waals surface area contributed by atoms with Gasteiger partial charge in [0.2, 0.25) is 5.91 Å². The molecule has 0 unspecified atom stereocenters. The number of nitrogens with two attached hydrogens (primary N) is 1. The highest BCUT2D eigenvalue weighted by molar-refractivity contribution is 6.01. The van der Waals surface area contributed by atoms with Crippen LogP contribution in [0.25, 0.3) is 11.0 Å². The fourth-order valence-corrected chi connectivity index (χ4v) is 3.16. The van der Waals surface area contributed by atoms with Crippen molar-refractivity contribution in [3.8, 4) is 0 Å². The van der Waals surface area contributed by atoms with E-state index in [0.29, 0.717) is 27.3 Å². The molecule has 1 aliphatic heterocycles. The van der Waals surface area contributed by atoms with Gasteiger partial charge in [0.05, 0.1) is 31.6 Å². The molecular formula is C21H23N3O8. The molecule has 11 nitrogen and oxygen atoms in total. The van der Waals surface area contributed by atoms with Gasteiger partial charge in [0.15, 0.2) is 0 Å². The van der Waals surface area contributed by atoms with E-state index in [2.05, 4.69) is 5.32 Å². The summed E-state index contributed by atoms with van der Waals surface area (Å²) in [6, 6.07) is 4.98. The summed E-state index contributed by atoms with van der Waals surface area (Å²) in [6.07, 6.45) is -0.263. The third kappa shape index (κ3) is 5.49. The molecule has 32 heavy (non-hydrogen) atoms. The zero-order chi connectivity index (χ0) is 23.3. The minimum Gasteiger partial charge on any atom is -0.422 e. The summed E-state index contributed by atoms with van der Waals surface area (Å²) < 4.78 is 10.5. The van der Waals surface area contributed by atoms with Gasteiger partial charge in [-0.3, -0.25) is 14.4 Å². The van der Waals surface area contributed by atoms with Gasteiger partial charge in [0.1, 0.15) is 5.58 Å². The predicted molar refractivity (Wildman–Crippen MR) is 111 cm³/mol. The number of imide groups is 1. The molecule has 0 bridgehead atoms. The molecule has 2 heterocycles. The van der Waals surface area contributed by atoms with Crippen molar-refractivity contribution in [2.75, 3.05) is 25.5 Å². The van der Waals surface area contributed by atoms with Crippen molar-refractivity contribution in [3.05, 3.63) is 39.7 Å². The van der Waals surface area contributed by atoms with Crippen LogP contribution in [0, 0.1) is 6.92 Å². The minimum atomic E-state index is -0.766. The van der Waals surface area contributed by atoms with Gasteiger partial charge in [-0.25, -0.2) is 9.59 Å². The Labute approximate surface area is 182 Å². The number of fused-ring (bicyclic) bond motifs is 1. The molecule has 2 aromatic rings. The molecule has 170 valence electrons. The number of anilines is 1. The number of hydrogen-bond donors (Lipinski definition) is 2. The maximum absolute atomic E-state index is 12.2. The van der Waals surface area contributed by atoms with E-state index >= 15 is 0 Å². The molecule has 0 aliphatic carbocycles. The number of nitrogens with zero attached hydrogens (tertiary/aromatic N) is 1. The molecule has 0 saturated carbocycles. The van der Waals surface area contributed by atoms with E-state index in [0.717, 1.165) is 0 Å². The molecule has 1 saturated heterocycles. The number of nitrogen functional groups attached to an aromatic ring is 1. The number of carbonyl (C=O) groups excluding carboxylic acids is 4. The van der Waals surface area contributed by atoms with Gasteiger partial charge in [-0.2, -0.15) is 0 Å². The number of hydroxylamine groups is 2. The normalized spacial score (nSPS) is 13.6. The molecule has 1 aliphatic rings. The van der Waals surface area contributed by atoms with Gasteiger partial charge in [-0.15, -0.1) is 5.06 Å². The molecular weight excluding hydrogens is 422 g/mol. The highest BCUT2D eigenvalue weighted by Gasteiger charge is 2.32. The van der Waals surface area contributed by atoms with Crippen molar-refractivity contribution < 1.29 is 33.2 Å². The standard InChI is InChI=1S/C21H23N3O8/c1-12-14-3-2-13(22)10-16(14)31-21(29)15(12)11-17(25)23-7-9-30-8-6-20(28)32-24-18(26)4-5-19(24)27/h2-3,10H,4-9,11,22H2,1H3,(H,23,25). The average Bonchev–Trinajstić information content (AvgIpc) is 3.05. The molecule has 3 rings (SSSR count). The largest absolute Gasteiger partial charge is 0.422 e. The van der Waals surface area contributed by atoms with Gasteiger partial charge in [-0.1, -0.05) is 0 Å². The summed E-state index contributed by atoms with van der Waals surface area (Å²) in [5.41, 5.74) is 6.85. The van der Waals surface area contributed by atoms with Gasteiger partial charge < -0.3 is 25.0 Å². The molecule has 3 amide bonds. The van der Waals surface area contributed by atoms with Crippen molar-refractivity contribution in [1.29, 1.82) is 0 Å². The Morgan fingerprint density at radius 1 is 1.16 bits per heavy atom. The SMILES string of the molecule is Cc1c(CC(=O)NCCOCCC(=O)ON2C(=O)CCC2=O)c(=O)oc2cc(N)ccc12. The van der Waals surface area contributed by atoms with E-state index in [1.165, 1.54) is 0 Å². The first-order chi connectivity index (χ1) is 15.3. The highest BCUT2D eigenvalue weighted by Crippen LogP contribution is 2.21. The second-order valence-electron chi connectivity index (χ2n) is 7.18. The van der Waals surface area contributed by atoms with E-state index in [9.17, 15) is 24.0 Å². The molecule has 1 fully saturated rings. The van der Waals surface area contributed by atoms with Gasteiger partial charge in [0.25, 0.3) is 11.8 Å².